The zero-order valence-corrected chi connectivity index (χ0v) is 9.91. The number of nitrogens with one attached hydrogen (secondary N) is 2. The summed E-state index contributed by atoms with van der Waals surface area (Å²) < 4.78 is 12.7. The second-order valence-corrected chi connectivity index (χ2v) is 4.42. The fourth-order valence-electron chi connectivity index (χ4n) is 1.54. The van der Waals surface area contributed by atoms with E-state index in [1.807, 2.05) is 0 Å². The van der Waals surface area contributed by atoms with E-state index in [0.29, 0.717) is 6.04 Å². The van der Waals surface area contributed by atoms with E-state index in [-0.39, 0.29) is 30.6 Å². The van der Waals surface area contributed by atoms with E-state index < -0.39 is 0 Å². The standard InChI is InChI=1S/C13H15FN2O2/c14-10-3-1-9(2-4-10)7-12(17)15-8-13(18)16-11-5-6-11/h1-4,11H,5-8H2,(H,15,17)(H,16,18). The third kappa shape index (κ3) is 4.16. The highest BCUT2D eigenvalue weighted by Gasteiger charge is 2.23. The Labute approximate surface area is 105 Å². The Bertz CT molecular complexity index is 441. The minimum atomic E-state index is -0.331. The predicted octanol–water partition coefficient (Wildman–Crippen LogP) is 0.763. The Morgan fingerprint density at radius 3 is 2.44 bits per heavy atom. The zero-order valence-electron chi connectivity index (χ0n) is 9.91. The molecular weight excluding hydrogens is 235 g/mol. The molecule has 0 spiro atoms. The van der Waals surface area contributed by atoms with Crippen LogP contribution in [0.2, 0.25) is 0 Å². The van der Waals surface area contributed by atoms with Gasteiger partial charge in [-0.25, -0.2) is 4.39 Å². The Kier molecular flexibility index (Phi) is 3.92. The van der Waals surface area contributed by atoms with Gasteiger partial charge in [-0.1, -0.05) is 12.1 Å². The van der Waals surface area contributed by atoms with Gasteiger partial charge < -0.3 is 10.6 Å². The summed E-state index contributed by atoms with van der Waals surface area (Å²) in [4.78, 5) is 22.8. The van der Waals surface area contributed by atoms with E-state index in [1.54, 1.807) is 12.1 Å². The van der Waals surface area contributed by atoms with Gasteiger partial charge in [0.15, 0.2) is 0 Å². The zero-order chi connectivity index (χ0) is 13.0. The molecule has 0 saturated heterocycles. The number of carbonyl (C=O) groups is 2. The quantitative estimate of drug-likeness (QED) is 0.810. The number of amides is 2. The van der Waals surface area contributed by atoms with Crippen LogP contribution in [-0.4, -0.2) is 24.4 Å². The van der Waals surface area contributed by atoms with Gasteiger partial charge in [0.05, 0.1) is 13.0 Å². The van der Waals surface area contributed by atoms with Crippen LogP contribution in [0, 0.1) is 5.82 Å². The lowest BCUT2D eigenvalue weighted by atomic mass is 10.1. The van der Waals surface area contributed by atoms with Crippen molar-refractivity contribution < 1.29 is 14.0 Å². The highest BCUT2D eigenvalue weighted by molar-refractivity contribution is 5.85. The number of hydrogen-bond donors (Lipinski definition) is 2. The van der Waals surface area contributed by atoms with Crippen molar-refractivity contribution in [3.05, 3.63) is 35.6 Å². The van der Waals surface area contributed by atoms with Gasteiger partial charge in [0.1, 0.15) is 5.82 Å². The molecule has 0 bridgehead atoms. The van der Waals surface area contributed by atoms with Crippen LogP contribution in [0.3, 0.4) is 0 Å². The molecule has 0 unspecified atom stereocenters. The second kappa shape index (κ2) is 5.62. The second-order valence-electron chi connectivity index (χ2n) is 4.42. The first-order valence-electron chi connectivity index (χ1n) is 5.94. The SMILES string of the molecule is O=C(Cc1ccc(F)cc1)NCC(=O)NC1CC1. The van der Waals surface area contributed by atoms with Crippen molar-refractivity contribution in [2.45, 2.75) is 25.3 Å². The van der Waals surface area contributed by atoms with Gasteiger partial charge in [0.25, 0.3) is 0 Å². The van der Waals surface area contributed by atoms with Gasteiger partial charge in [-0.05, 0) is 30.5 Å². The van der Waals surface area contributed by atoms with Crippen molar-refractivity contribution >= 4 is 11.8 Å². The average molecular weight is 250 g/mol. The average Bonchev–Trinajstić information content (AvgIpc) is 3.13. The summed E-state index contributed by atoms with van der Waals surface area (Å²) in [6, 6.07) is 6.02. The van der Waals surface area contributed by atoms with Crippen molar-refractivity contribution in [3.63, 3.8) is 0 Å². The predicted molar refractivity (Wildman–Crippen MR) is 64.3 cm³/mol. The van der Waals surface area contributed by atoms with E-state index in [2.05, 4.69) is 10.6 Å². The van der Waals surface area contributed by atoms with Gasteiger partial charge in [0, 0.05) is 6.04 Å². The molecule has 96 valence electrons. The molecule has 5 heteroatoms. The number of carbonyl (C=O) groups excluding carboxylic acids is 2. The van der Waals surface area contributed by atoms with E-state index in [1.165, 1.54) is 12.1 Å². The lowest BCUT2D eigenvalue weighted by Crippen LogP contribution is -2.38. The summed E-state index contributed by atoms with van der Waals surface area (Å²) in [6.45, 7) is -0.00344. The number of benzene rings is 1. The summed E-state index contributed by atoms with van der Waals surface area (Å²) in [5.74, 6) is -0.736. The summed E-state index contributed by atoms with van der Waals surface area (Å²) in [5, 5.41) is 5.31. The Balaban J connectivity index is 1.70. The van der Waals surface area contributed by atoms with Gasteiger partial charge in [0.2, 0.25) is 11.8 Å². The van der Waals surface area contributed by atoms with E-state index in [0.717, 1.165) is 18.4 Å². The maximum atomic E-state index is 12.7. The summed E-state index contributed by atoms with van der Waals surface area (Å²) in [6.07, 6.45) is 2.20. The molecule has 1 aliphatic rings. The smallest absolute Gasteiger partial charge is 0.239 e. The Morgan fingerprint density at radius 2 is 1.83 bits per heavy atom. The first-order valence-corrected chi connectivity index (χ1v) is 5.94. The van der Waals surface area contributed by atoms with E-state index >= 15 is 0 Å². The lowest BCUT2D eigenvalue weighted by Gasteiger charge is -2.06. The van der Waals surface area contributed by atoms with Crippen LogP contribution in [0.25, 0.3) is 0 Å². The highest BCUT2D eigenvalue weighted by Crippen LogP contribution is 2.18. The molecule has 0 radical (unpaired) electrons. The number of hydrogen-bond acceptors (Lipinski definition) is 2. The third-order valence-electron chi connectivity index (χ3n) is 2.67. The molecule has 1 aliphatic carbocycles. The van der Waals surface area contributed by atoms with E-state index in [9.17, 15) is 14.0 Å². The van der Waals surface area contributed by atoms with Crippen LogP contribution in [0.15, 0.2) is 24.3 Å². The minimum Gasteiger partial charge on any atom is -0.352 e. The maximum absolute atomic E-state index is 12.7. The van der Waals surface area contributed by atoms with Crippen LogP contribution >= 0.6 is 0 Å². The van der Waals surface area contributed by atoms with Gasteiger partial charge in [-0.15, -0.1) is 0 Å². The topological polar surface area (TPSA) is 58.2 Å². The number of halogens is 1. The molecule has 4 nitrogen and oxygen atoms in total. The summed E-state index contributed by atoms with van der Waals surface area (Å²) in [7, 11) is 0. The Hall–Kier alpha value is -1.91. The van der Waals surface area contributed by atoms with Gasteiger partial charge >= 0.3 is 0 Å². The molecule has 18 heavy (non-hydrogen) atoms. The van der Waals surface area contributed by atoms with Crippen LogP contribution in [0.4, 0.5) is 4.39 Å². The van der Waals surface area contributed by atoms with E-state index in [4.69, 9.17) is 0 Å². The molecule has 2 rings (SSSR count). The van der Waals surface area contributed by atoms with Crippen molar-refractivity contribution in [2.75, 3.05) is 6.54 Å². The molecule has 0 atom stereocenters. The van der Waals surface area contributed by atoms with Crippen LogP contribution in [-0.2, 0) is 16.0 Å². The van der Waals surface area contributed by atoms with Crippen molar-refractivity contribution in [3.8, 4) is 0 Å². The van der Waals surface area contributed by atoms with Crippen molar-refractivity contribution in [1.29, 1.82) is 0 Å². The molecule has 1 fully saturated rings. The monoisotopic (exact) mass is 250 g/mol. The first kappa shape index (κ1) is 12.5. The normalized spacial score (nSPS) is 14.1. The summed E-state index contributed by atoms with van der Waals surface area (Å²) in [5.41, 5.74) is 0.719. The van der Waals surface area contributed by atoms with Gasteiger partial charge in [-0.3, -0.25) is 9.59 Å². The Morgan fingerprint density at radius 1 is 1.17 bits per heavy atom. The molecule has 1 saturated carbocycles. The summed E-state index contributed by atoms with van der Waals surface area (Å²) >= 11 is 0. The lowest BCUT2D eigenvalue weighted by molar-refractivity contribution is -0.125. The fraction of sp³-hybridized carbons (Fsp3) is 0.385. The fourth-order valence-corrected chi connectivity index (χ4v) is 1.54. The molecule has 1 aromatic rings. The molecule has 2 amide bonds. The third-order valence-corrected chi connectivity index (χ3v) is 2.67. The molecule has 0 aliphatic heterocycles. The molecule has 2 N–H and O–H groups in total. The maximum Gasteiger partial charge on any atom is 0.239 e. The van der Waals surface area contributed by atoms with Crippen LogP contribution < -0.4 is 10.6 Å². The van der Waals surface area contributed by atoms with Crippen LogP contribution in [0.5, 0.6) is 0 Å². The van der Waals surface area contributed by atoms with Crippen molar-refractivity contribution in [1.82, 2.24) is 10.6 Å². The first-order chi connectivity index (χ1) is 8.63. The minimum absolute atomic E-state index is 0.00344. The van der Waals surface area contributed by atoms with Crippen LogP contribution in [0.1, 0.15) is 18.4 Å². The highest BCUT2D eigenvalue weighted by atomic mass is 19.1. The molecular formula is C13H15FN2O2. The molecule has 0 aromatic heterocycles. The molecule has 0 heterocycles. The molecule has 1 aromatic carbocycles. The number of rotatable bonds is 5. The van der Waals surface area contributed by atoms with Gasteiger partial charge in [-0.2, -0.15) is 0 Å². The largest absolute Gasteiger partial charge is 0.352 e. The van der Waals surface area contributed by atoms with Crippen molar-refractivity contribution in [2.24, 2.45) is 0 Å².